The molecule has 0 fully saturated rings. The molecule has 3 aromatic carbocycles. The maximum absolute atomic E-state index is 13.5. The van der Waals surface area contributed by atoms with Crippen LogP contribution in [0.1, 0.15) is 16.1 Å². The number of thiazole rings is 1. The van der Waals surface area contributed by atoms with Crippen molar-refractivity contribution in [2.24, 2.45) is 0 Å². The van der Waals surface area contributed by atoms with Crippen LogP contribution in [0.2, 0.25) is 0 Å². The van der Waals surface area contributed by atoms with E-state index in [2.05, 4.69) is 0 Å². The van der Waals surface area contributed by atoms with Crippen molar-refractivity contribution >= 4 is 43.4 Å². The van der Waals surface area contributed by atoms with E-state index in [1.165, 1.54) is 11.3 Å². The summed E-state index contributed by atoms with van der Waals surface area (Å²) in [6, 6.07) is 23.1. The Balaban J connectivity index is 1.58. The monoisotopic (exact) mass is 414 g/mol. The summed E-state index contributed by atoms with van der Waals surface area (Å²) in [6.07, 6.45) is 1.61. The molecule has 0 N–H and O–H groups in total. The van der Waals surface area contributed by atoms with Gasteiger partial charge in [-0.1, -0.05) is 41.7 Å². The van der Waals surface area contributed by atoms with Crippen LogP contribution < -0.4 is 9.64 Å². The van der Waals surface area contributed by atoms with Gasteiger partial charge < -0.3 is 9.15 Å². The van der Waals surface area contributed by atoms with E-state index in [0.29, 0.717) is 23.0 Å². The van der Waals surface area contributed by atoms with Gasteiger partial charge in [-0.05, 0) is 47.2 Å². The van der Waals surface area contributed by atoms with Gasteiger partial charge in [0.25, 0.3) is 5.91 Å². The van der Waals surface area contributed by atoms with Gasteiger partial charge in [0, 0.05) is 11.6 Å². The molecule has 0 unspecified atom stereocenters. The topological polar surface area (TPSA) is 55.6 Å². The zero-order valence-electron chi connectivity index (χ0n) is 16.2. The number of aromatic nitrogens is 1. The van der Waals surface area contributed by atoms with Crippen molar-refractivity contribution in [3.8, 4) is 5.75 Å². The van der Waals surface area contributed by atoms with Crippen LogP contribution in [0, 0.1) is 0 Å². The van der Waals surface area contributed by atoms with E-state index in [4.69, 9.17) is 14.1 Å². The number of fused-ring (bicyclic) bond motifs is 2. The first-order chi connectivity index (χ1) is 14.7. The molecule has 0 spiro atoms. The highest BCUT2D eigenvalue weighted by molar-refractivity contribution is 7.22. The van der Waals surface area contributed by atoms with E-state index in [-0.39, 0.29) is 5.91 Å². The molecule has 0 atom stereocenters. The molecule has 0 saturated heterocycles. The highest BCUT2D eigenvalue weighted by atomic mass is 32.1. The van der Waals surface area contributed by atoms with Gasteiger partial charge in [0.15, 0.2) is 5.13 Å². The zero-order chi connectivity index (χ0) is 20.5. The van der Waals surface area contributed by atoms with Crippen molar-refractivity contribution in [2.45, 2.75) is 6.54 Å². The van der Waals surface area contributed by atoms with Crippen LogP contribution in [0.5, 0.6) is 5.75 Å². The number of amides is 1. The average molecular weight is 414 g/mol. The number of benzene rings is 3. The number of rotatable bonds is 5. The summed E-state index contributed by atoms with van der Waals surface area (Å²) in [6.45, 7) is 0.301. The Hall–Kier alpha value is -3.64. The van der Waals surface area contributed by atoms with Crippen molar-refractivity contribution in [3.05, 3.63) is 90.4 Å². The molecule has 6 heteroatoms. The van der Waals surface area contributed by atoms with Gasteiger partial charge in [0.1, 0.15) is 11.5 Å². The van der Waals surface area contributed by atoms with E-state index in [1.54, 1.807) is 18.3 Å². The first-order valence-corrected chi connectivity index (χ1v) is 10.3. The van der Waals surface area contributed by atoms with Gasteiger partial charge in [-0.25, -0.2) is 4.98 Å². The highest BCUT2D eigenvalue weighted by Gasteiger charge is 2.23. The summed E-state index contributed by atoms with van der Waals surface area (Å²) in [5, 5.41) is 2.74. The molecule has 1 amide bonds. The molecule has 5 aromatic rings. The predicted octanol–water partition coefficient (Wildman–Crippen LogP) is 5.90. The SMILES string of the molecule is COc1ccc2sc(N(Cc3ccco3)C(=O)c3ccc4ccccc4c3)nc2c1. The third kappa shape index (κ3) is 3.42. The molecular formula is C24H18N2O3S. The summed E-state index contributed by atoms with van der Waals surface area (Å²) < 4.78 is 11.8. The molecule has 30 heavy (non-hydrogen) atoms. The van der Waals surface area contributed by atoms with Crippen molar-refractivity contribution in [1.82, 2.24) is 4.98 Å². The third-order valence-electron chi connectivity index (χ3n) is 4.95. The second kappa shape index (κ2) is 7.65. The Morgan fingerprint density at radius 2 is 1.90 bits per heavy atom. The van der Waals surface area contributed by atoms with Gasteiger partial charge >= 0.3 is 0 Å². The first-order valence-electron chi connectivity index (χ1n) is 9.49. The maximum Gasteiger partial charge on any atom is 0.260 e. The molecular weight excluding hydrogens is 396 g/mol. The van der Waals surface area contributed by atoms with E-state index < -0.39 is 0 Å². The molecule has 0 bridgehead atoms. The van der Waals surface area contributed by atoms with Crippen LogP contribution in [0.25, 0.3) is 21.0 Å². The van der Waals surface area contributed by atoms with E-state index in [0.717, 1.165) is 26.7 Å². The predicted molar refractivity (Wildman–Crippen MR) is 119 cm³/mol. The summed E-state index contributed by atoms with van der Waals surface area (Å²) >= 11 is 1.47. The molecule has 0 aliphatic heterocycles. The van der Waals surface area contributed by atoms with Crippen LogP contribution >= 0.6 is 11.3 Å². The Kier molecular flexibility index (Phi) is 4.69. The number of nitrogens with zero attached hydrogens (tertiary/aromatic N) is 2. The number of methoxy groups -OCH3 is 1. The molecule has 148 valence electrons. The van der Waals surface area contributed by atoms with Crippen molar-refractivity contribution < 1.29 is 13.9 Å². The van der Waals surface area contributed by atoms with E-state index in [9.17, 15) is 4.79 Å². The Labute approximate surface area is 177 Å². The lowest BCUT2D eigenvalue weighted by Gasteiger charge is -2.19. The zero-order valence-corrected chi connectivity index (χ0v) is 17.1. The number of carbonyl (C=O) groups is 1. The molecule has 0 saturated carbocycles. The van der Waals surface area contributed by atoms with Gasteiger partial charge in [-0.15, -0.1) is 0 Å². The number of ether oxygens (including phenoxy) is 1. The Morgan fingerprint density at radius 3 is 2.70 bits per heavy atom. The Bertz CT molecular complexity index is 1340. The minimum Gasteiger partial charge on any atom is -0.497 e. The molecule has 2 aromatic heterocycles. The summed E-state index contributed by atoms with van der Waals surface area (Å²) in [5.74, 6) is 1.31. The maximum atomic E-state index is 13.5. The van der Waals surface area contributed by atoms with Gasteiger partial charge in [0.2, 0.25) is 0 Å². The second-order valence-electron chi connectivity index (χ2n) is 6.86. The third-order valence-corrected chi connectivity index (χ3v) is 6.01. The normalized spacial score (nSPS) is 11.1. The molecule has 5 rings (SSSR count). The highest BCUT2D eigenvalue weighted by Crippen LogP contribution is 2.33. The fraction of sp³-hybridized carbons (Fsp3) is 0.0833. The first kappa shape index (κ1) is 18.4. The van der Waals surface area contributed by atoms with Crippen LogP contribution in [0.4, 0.5) is 5.13 Å². The molecule has 0 aliphatic carbocycles. The van der Waals surface area contributed by atoms with E-state index in [1.807, 2.05) is 72.8 Å². The molecule has 2 heterocycles. The molecule has 0 aliphatic rings. The number of hydrogen-bond acceptors (Lipinski definition) is 5. The van der Waals surface area contributed by atoms with Crippen molar-refractivity contribution in [2.75, 3.05) is 12.0 Å². The minimum absolute atomic E-state index is 0.122. The summed E-state index contributed by atoms with van der Waals surface area (Å²) in [4.78, 5) is 19.9. The standard InChI is InChI=1S/C24H18N2O3S/c1-28-19-10-11-22-21(14-19)25-24(30-22)26(15-20-7-4-12-29-20)23(27)18-9-8-16-5-2-3-6-17(16)13-18/h2-14H,15H2,1H3. The van der Waals surface area contributed by atoms with E-state index >= 15 is 0 Å². The molecule has 0 radical (unpaired) electrons. The van der Waals surface area contributed by atoms with Crippen LogP contribution in [-0.4, -0.2) is 18.0 Å². The molecule has 5 nitrogen and oxygen atoms in total. The quantitative estimate of drug-likeness (QED) is 0.359. The average Bonchev–Trinajstić information content (AvgIpc) is 3.45. The fourth-order valence-corrected chi connectivity index (χ4v) is 4.34. The lowest BCUT2D eigenvalue weighted by Crippen LogP contribution is -2.30. The van der Waals surface area contributed by atoms with Gasteiger partial charge in [0.05, 0.1) is 30.1 Å². The van der Waals surface area contributed by atoms with Crippen LogP contribution in [-0.2, 0) is 6.54 Å². The fourth-order valence-electron chi connectivity index (χ4n) is 3.40. The van der Waals surface area contributed by atoms with Crippen molar-refractivity contribution in [1.29, 1.82) is 0 Å². The number of carbonyl (C=O) groups excluding carboxylic acids is 1. The van der Waals surface area contributed by atoms with Crippen LogP contribution in [0.3, 0.4) is 0 Å². The summed E-state index contributed by atoms with van der Waals surface area (Å²) in [7, 11) is 1.63. The van der Waals surface area contributed by atoms with Gasteiger partial charge in [-0.2, -0.15) is 0 Å². The number of anilines is 1. The van der Waals surface area contributed by atoms with Crippen molar-refractivity contribution in [3.63, 3.8) is 0 Å². The largest absolute Gasteiger partial charge is 0.497 e. The summed E-state index contributed by atoms with van der Waals surface area (Å²) in [5.41, 5.74) is 1.40. The number of hydrogen-bond donors (Lipinski definition) is 0. The Morgan fingerprint density at radius 1 is 1.03 bits per heavy atom. The second-order valence-corrected chi connectivity index (χ2v) is 7.87. The van der Waals surface area contributed by atoms with Crippen LogP contribution in [0.15, 0.2) is 83.5 Å². The smallest absolute Gasteiger partial charge is 0.260 e. The minimum atomic E-state index is -0.122. The lowest BCUT2D eigenvalue weighted by molar-refractivity contribution is 0.0983. The lowest BCUT2D eigenvalue weighted by atomic mass is 10.1. The number of furan rings is 1. The van der Waals surface area contributed by atoms with Gasteiger partial charge in [-0.3, -0.25) is 9.69 Å².